The number of nitrogens with zero attached hydrogens (tertiary/aromatic N) is 1. The van der Waals surface area contributed by atoms with Gasteiger partial charge in [0.2, 0.25) is 0 Å². The Labute approximate surface area is 191 Å². The minimum absolute atomic E-state index is 0.0654. The predicted molar refractivity (Wildman–Crippen MR) is 124 cm³/mol. The Morgan fingerprint density at radius 1 is 1.12 bits per heavy atom. The standard InChI is InChI=1S/C25H26N4O4/c1-14(2)21(22-24(31)29-25(32)28-22)27-23(30)16-8-10-18(11-9-16)33-13-17-12-15(3)26-20-7-5-4-6-19(17)20/h4-12,14,21-22H,13H2,1-3H3,(H,27,30)(H2,28,29,31,32). The second-order valence-electron chi connectivity index (χ2n) is 8.44. The topological polar surface area (TPSA) is 109 Å². The van der Waals surface area contributed by atoms with Gasteiger partial charge in [-0.3, -0.25) is 19.9 Å². The second-order valence-corrected chi connectivity index (χ2v) is 8.44. The number of aromatic nitrogens is 1. The van der Waals surface area contributed by atoms with Crippen LogP contribution in [0.4, 0.5) is 4.79 Å². The Hall–Kier alpha value is -3.94. The predicted octanol–water partition coefficient (Wildman–Crippen LogP) is 3.08. The third-order valence-electron chi connectivity index (χ3n) is 5.62. The third-order valence-corrected chi connectivity index (χ3v) is 5.62. The van der Waals surface area contributed by atoms with E-state index in [9.17, 15) is 14.4 Å². The summed E-state index contributed by atoms with van der Waals surface area (Å²) in [7, 11) is 0. The highest BCUT2D eigenvalue weighted by molar-refractivity contribution is 6.05. The summed E-state index contributed by atoms with van der Waals surface area (Å²) in [6.07, 6.45) is 0. The first kappa shape index (κ1) is 22.3. The lowest BCUT2D eigenvalue weighted by molar-refractivity contribution is -0.120. The SMILES string of the molecule is Cc1cc(COc2ccc(C(=O)NC(C(C)C)C3NC(=O)NC3=O)cc2)c2ccccc2n1. The van der Waals surface area contributed by atoms with Gasteiger partial charge in [0, 0.05) is 22.2 Å². The Kier molecular flexibility index (Phi) is 6.26. The zero-order valence-electron chi connectivity index (χ0n) is 18.7. The maximum Gasteiger partial charge on any atom is 0.322 e. The van der Waals surface area contributed by atoms with E-state index in [-0.39, 0.29) is 11.8 Å². The average Bonchev–Trinajstić information content (AvgIpc) is 3.13. The number of hydrogen-bond donors (Lipinski definition) is 3. The Morgan fingerprint density at radius 3 is 2.52 bits per heavy atom. The molecule has 8 heteroatoms. The first-order valence-electron chi connectivity index (χ1n) is 10.8. The van der Waals surface area contributed by atoms with Crippen LogP contribution in [-0.4, -0.2) is 34.9 Å². The lowest BCUT2D eigenvalue weighted by Gasteiger charge is -2.26. The van der Waals surface area contributed by atoms with E-state index >= 15 is 0 Å². The minimum Gasteiger partial charge on any atom is -0.489 e. The maximum absolute atomic E-state index is 12.8. The molecule has 1 aromatic heterocycles. The number of ether oxygens (including phenoxy) is 1. The number of urea groups is 1. The summed E-state index contributed by atoms with van der Waals surface area (Å²) in [6, 6.07) is 14.9. The van der Waals surface area contributed by atoms with Gasteiger partial charge in [-0.1, -0.05) is 32.0 Å². The maximum atomic E-state index is 12.8. The van der Waals surface area contributed by atoms with Gasteiger partial charge in [0.15, 0.2) is 0 Å². The van der Waals surface area contributed by atoms with Crippen molar-refractivity contribution in [1.82, 2.24) is 20.9 Å². The Morgan fingerprint density at radius 2 is 1.85 bits per heavy atom. The number of carbonyl (C=O) groups is 3. The molecule has 3 aromatic rings. The van der Waals surface area contributed by atoms with Crippen LogP contribution in [0.5, 0.6) is 5.75 Å². The van der Waals surface area contributed by atoms with Crippen LogP contribution in [0, 0.1) is 12.8 Å². The Bertz CT molecular complexity index is 1210. The third kappa shape index (κ3) is 4.95. The van der Waals surface area contributed by atoms with E-state index < -0.39 is 24.0 Å². The molecule has 1 saturated heterocycles. The lowest BCUT2D eigenvalue weighted by atomic mass is 9.96. The number of para-hydroxylation sites is 1. The summed E-state index contributed by atoms with van der Waals surface area (Å²) in [5, 5.41) is 8.68. The fraction of sp³-hybridized carbons (Fsp3) is 0.280. The fourth-order valence-corrected chi connectivity index (χ4v) is 3.93. The molecule has 1 fully saturated rings. The van der Waals surface area contributed by atoms with Crippen molar-refractivity contribution < 1.29 is 19.1 Å². The fourth-order valence-electron chi connectivity index (χ4n) is 3.93. The summed E-state index contributed by atoms with van der Waals surface area (Å²) in [5.74, 6) is -0.205. The number of imide groups is 1. The smallest absolute Gasteiger partial charge is 0.322 e. The summed E-state index contributed by atoms with van der Waals surface area (Å²) in [4.78, 5) is 40.8. The summed E-state index contributed by atoms with van der Waals surface area (Å²) in [5.41, 5.74) is 3.32. The summed E-state index contributed by atoms with van der Waals surface area (Å²) < 4.78 is 5.96. The van der Waals surface area contributed by atoms with Crippen molar-refractivity contribution in [1.29, 1.82) is 0 Å². The number of nitrogens with one attached hydrogen (secondary N) is 3. The quantitative estimate of drug-likeness (QED) is 0.483. The highest BCUT2D eigenvalue weighted by atomic mass is 16.5. The number of carbonyl (C=O) groups excluding carboxylic acids is 3. The van der Waals surface area contributed by atoms with E-state index in [1.165, 1.54) is 0 Å². The van der Waals surface area contributed by atoms with Gasteiger partial charge in [0.1, 0.15) is 18.4 Å². The zero-order valence-corrected chi connectivity index (χ0v) is 18.7. The Balaban J connectivity index is 1.42. The van der Waals surface area contributed by atoms with E-state index in [0.717, 1.165) is 22.2 Å². The van der Waals surface area contributed by atoms with Gasteiger partial charge in [-0.15, -0.1) is 0 Å². The van der Waals surface area contributed by atoms with Crippen LogP contribution in [0.1, 0.15) is 35.5 Å². The molecule has 1 aliphatic rings. The average molecular weight is 447 g/mol. The van der Waals surface area contributed by atoms with Crippen LogP contribution in [0.25, 0.3) is 10.9 Å². The van der Waals surface area contributed by atoms with E-state index in [1.54, 1.807) is 24.3 Å². The van der Waals surface area contributed by atoms with E-state index in [0.29, 0.717) is 17.9 Å². The van der Waals surface area contributed by atoms with Crippen molar-refractivity contribution in [2.75, 3.05) is 0 Å². The van der Waals surface area contributed by atoms with Gasteiger partial charge >= 0.3 is 6.03 Å². The van der Waals surface area contributed by atoms with Crippen molar-refractivity contribution >= 4 is 28.7 Å². The first-order valence-corrected chi connectivity index (χ1v) is 10.8. The molecule has 2 atom stereocenters. The molecule has 2 aromatic carbocycles. The number of fused-ring (bicyclic) bond motifs is 1. The lowest BCUT2D eigenvalue weighted by Crippen LogP contribution is -2.53. The monoisotopic (exact) mass is 446 g/mol. The molecule has 0 spiro atoms. The highest BCUT2D eigenvalue weighted by Crippen LogP contribution is 2.21. The van der Waals surface area contributed by atoms with Crippen LogP contribution in [0.3, 0.4) is 0 Å². The van der Waals surface area contributed by atoms with Gasteiger partial charge < -0.3 is 15.4 Å². The molecular formula is C25H26N4O4. The molecule has 3 N–H and O–H groups in total. The molecule has 8 nitrogen and oxygen atoms in total. The van der Waals surface area contributed by atoms with Crippen LogP contribution in [-0.2, 0) is 11.4 Å². The minimum atomic E-state index is -0.803. The van der Waals surface area contributed by atoms with E-state index in [2.05, 4.69) is 20.9 Å². The molecule has 170 valence electrons. The van der Waals surface area contributed by atoms with Crippen LogP contribution in [0.15, 0.2) is 54.6 Å². The number of benzene rings is 2. The van der Waals surface area contributed by atoms with Crippen molar-refractivity contribution in [3.8, 4) is 5.75 Å². The number of aryl methyl sites for hydroxylation is 1. The highest BCUT2D eigenvalue weighted by Gasteiger charge is 2.38. The van der Waals surface area contributed by atoms with E-state index in [1.807, 2.05) is 51.1 Å². The molecule has 1 aliphatic heterocycles. The van der Waals surface area contributed by atoms with E-state index in [4.69, 9.17) is 4.74 Å². The zero-order chi connectivity index (χ0) is 23.5. The van der Waals surface area contributed by atoms with Gasteiger partial charge in [0.05, 0.1) is 11.6 Å². The number of hydrogen-bond acceptors (Lipinski definition) is 5. The van der Waals surface area contributed by atoms with Crippen molar-refractivity contribution in [2.24, 2.45) is 5.92 Å². The first-order chi connectivity index (χ1) is 15.8. The van der Waals surface area contributed by atoms with Gasteiger partial charge in [-0.25, -0.2) is 4.79 Å². The number of rotatable bonds is 7. The summed E-state index contributed by atoms with van der Waals surface area (Å²) in [6.45, 7) is 6.09. The molecule has 2 unspecified atom stereocenters. The molecule has 33 heavy (non-hydrogen) atoms. The molecule has 0 radical (unpaired) electrons. The largest absolute Gasteiger partial charge is 0.489 e. The van der Waals surface area contributed by atoms with Crippen molar-refractivity contribution in [2.45, 2.75) is 39.5 Å². The van der Waals surface area contributed by atoms with Crippen LogP contribution in [0.2, 0.25) is 0 Å². The van der Waals surface area contributed by atoms with Crippen molar-refractivity contribution in [3.05, 3.63) is 71.4 Å². The molecule has 0 aliphatic carbocycles. The summed E-state index contributed by atoms with van der Waals surface area (Å²) >= 11 is 0. The molecule has 0 saturated carbocycles. The van der Waals surface area contributed by atoms with Gasteiger partial charge in [-0.05, 0) is 49.2 Å². The number of amides is 4. The molecule has 4 rings (SSSR count). The van der Waals surface area contributed by atoms with Gasteiger partial charge in [-0.2, -0.15) is 0 Å². The van der Waals surface area contributed by atoms with Crippen LogP contribution < -0.4 is 20.7 Å². The molecule has 2 heterocycles. The van der Waals surface area contributed by atoms with Crippen molar-refractivity contribution in [3.63, 3.8) is 0 Å². The number of pyridine rings is 1. The molecule has 4 amide bonds. The molecular weight excluding hydrogens is 420 g/mol. The second kappa shape index (κ2) is 9.28. The van der Waals surface area contributed by atoms with Crippen LogP contribution >= 0.6 is 0 Å². The molecule has 0 bridgehead atoms. The van der Waals surface area contributed by atoms with Gasteiger partial charge in [0.25, 0.3) is 11.8 Å². The normalized spacial score (nSPS) is 16.4.